The van der Waals surface area contributed by atoms with Crippen LogP contribution in [0.5, 0.6) is 0 Å². The van der Waals surface area contributed by atoms with Crippen LogP contribution in [0.2, 0.25) is 0 Å². The number of hydrogen-bond donors (Lipinski definition) is 2. The van der Waals surface area contributed by atoms with E-state index in [2.05, 4.69) is 17.2 Å². The third-order valence-corrected chi connectivity index (χ3v) is 2.78. The molecule has 0 fully saturated rings. The van der Waals surface area contributed by atoms with Gasteiger partial charge in [0.15, 0.2) is 0 Å². The summed E-state index contributed by atoms with van der Waals surface area (Å²) in [6, 6.07) is 5.32. The van der Waals surface area contributed by atoms with E-state index < -0.39 is 0 Å². The van der Waals surface area contributed by atoms with Crippen molar-refractivity contribution in [2.75, 3.05) is 27.2 Å². The number of aliphatic hydroxyl groups excluding tert-OH is 1. The fraction of sp³-hybridized carbons (Fsp3) is 0.375. The minimum atomic E-state index is -0.335. The maximum absolute atomic E-state index is 12.1. The number of hydrogen-bond acceptors (Lipinski definition) is 3. The third kappa shape index (κ3) is 5.28. The van der Waals surface area contributed by atoms with Gasteiger partial charge in [0.25, 0.3) is 5.91 Å². The second-order valence-electron chi connectivity index (χ2n) is 4.80. The summed E-state index contributed by atoms with van der Waals surface area (Å²) in [5, 5.41) is 11.3. The van der Waals surface area contributed by atoms with Crippen LogP contribution in [0.1, 0.15) is 27.9 Å². The largest absolute Gasteiger partial charge is 0.395 e. The summed E-state index contributed by atoms with van der Waals surface area (Å²) >= 11 is 0. The Bertz CT molecular complexity index is 583. The van der Waals surface area contributed by atoms with Crippen molar-refractivity contribution < 1.29 is 14.7 Å². The number of aryl methyl sites for hydroxylation is 1. The highest BCUT2D eigenvalue weighted by molar-refractivity contribution is 5.98. The van der Waals surface area contributed by atoms with Crippen LogP contribution in [0.3, 0.4) is 0 Å². The van der Waals surface area contributed by atoms with E-state index in [9.17, 15) is 9.59 Å². The van der Waals surface area contributed by atoms with E-state index in [0.29, 0.717) is 17.5 Å². The first-order valence-corrected chi connectivity index (χ1v) is 6.64. The number of nitrogens with zero attached hydrogens (tertiary/aromatic N) is 1. The van der Waals surface area contributed by atoms with Gasteiger partial charge in [-0.15, -0.1) is 0 Å². The highest BCUT2D eigenvalue weighted by Gasteiger charge is 2.12. The monoisotopic (exact) mass is 288 g/mol. The van der Waals surface area contributed by atoms with Crippen LogP contribution in [0.15, 0.2) is 18.2 Å². The van der Waals surface area contributed by atoms with Crippen molar-refractivity contribution >= 4 is 11.8 Å². The van der Waals surface area contributed by atoms with Gasteiger partial charge in [0, 0.05) is 26.1 Å². The lowest BCUT2D eigenvalue weighted by molar-refractivity contribution is -0.127. The molecule has 0 spiro atoms. The Labute approximate surface area is 125 Å². The van der Waals surface area contributed by atoms with E-state index in [-0.39, 0.29) is 25.0 Å². The topological polar surface area (TPSA) is 69.6 Å². The standard InChI is InChI=1S/C16H20N2O3/c1-12-7-8-14(13(10-12)6-4-5-9-19)16(21)17-11-15(20)18(2)3/h7-8,10,19H,5,9,11H2,1-3H3,(H,17,21). The van der Waals surface area contributed by atoms with E-state index in [1.54, 1.807) is 20.2 Å². The van der Waals surface area contributed by atoms with E-state index in [0.717, 1.165) is 5.56 Å². The van der Waals surface area contributed by atoms with Gasteiger partial charge in [-0.3, -0.25) is 9.59 Å². The van der Waals surface area contributed by atoms with Crippen molar-refractivity contribution in [1.29, 1.82) is 0 Å². The van der Waals surface area contributed by atoms with Crippen LogP contribution in [-0.4, -0.2) is 49.1 Å². The SMILES string of the molecule is Cc1ccc(C(=O)NCC(=O)N(C)C)c(C#CCCO)c1. The molecule has 0 aliphatic heterocycles. The Morgan fingerprint density at radius 1 is 1.33 bits per heavy atom. The molecule has 0 radical (unpaired) electrons. The van der Waals surface area contributed by atoms with Gasteiger partial charge in [0.2, 0.25) is 5.91 Å². The summed E-state index contributed by atoms with van der Waals surface area (Å²) in [7, 11) is 3.26. The zero-order valence-corrected chi connectivity index (χ0v) is 12.6. The van der Waals surface area contributed by atoms with Gasteiger partial charge in [-0.25, -0.2) is 0 Å². The summed E-state index contributed by atoms with van der Waals surface area (Å²) in [5.74, 6) is 5.17. The molecule has 0 bridgehead atoms. The first-order chi connectivity index (χ1) is 9.95. The van der Waals surface area contributed by atoms with Crippen LogP contribution in [0, 0.1) is 18.8 Å². The second-order valence-corrected chi connectivity index (χ2v) is 4.80. The molecule has 0 aromatic heterocycles. The minimum absolute atomic E-state index is 0.0162. The quantitative estimate of drug-likeness (QED) is 0.795. The molecule has 0 saturated carbocycles. The number of benzene rings is 1. The third-order valence-electron chi connectivity index (χ3n) is 2.78. The number of carbonyl (C=O) groups excluding carboxylic acids is 2. The average molecular weight is 288 g/mol. The highest BCUT2D eigenvalue weighted by atomic mass is 16.2. The fourth-order valence-electron chi connectivity index (χ4n) is 1.58. The summed E-state index contributed by atoms with van der Waals surface area (Å²) in [6.07, 6.45) is 0.355. The molecule has 1 aromatic rings. The molecule has 0 unspecified atom stereocenters. The Morgan fingerprint density at radius 2 is 2.05 bits per heavy atom. The van der Waals surface area contributed by atoms with Crippen LogP contribution >= 0.6 is 0 Å². The molecule has 2 amide bonds. The molecule has 0 aliphatic rings. The smallest absolute Gasteiger partial charge is 0.252 e. The van der Waals surface area contributed by atoms with Gasteiger partial charge in [0.05, 0.1) is 18.7 Å². The second kappa shape index (κ2) is 8.08. The van der Waals surface area contributed by atoms with Crippen molar-refractivity contribution in [3.63, 3.8) is 0 Å². The summed E-state index contributed by atoms with van der Waals surface area (Å²) in [6.45, 7) is 1.84. The van der Waals surface area contributed by atoms with Crippen molar-refractivity contribution in [2.24, 2.45) is 0 Å². The highest BCUT2D eigenvalue weighted by Crippen LogP contribution is 2.11. The van der Waals surface area contributed by atoms with Crippen LogP contribution < -0.4 is 5.32 Å². The maximum atomic E-state index is 12.1. The van der Waals surface area contributed by atoms with E-state index in [1.165, 1.54) is 4.90 Å². The van der Waals surface area contributed by atoms with E-state index in [1.807, 2.05) is 19.1 Å². The number of aliphatic hydroxyl groups is 1. The van der Waals surface area contributed by atoms with Crippen molar-refractivity contribution in [3.8, 4) is 11.8 Å². The summed E-state index contributed by atoms with van der Waals surface area (Å²) in [5.41, 5.74) is 2.01. The Kier molecular flexibility index (Phi) is 6.44. The Morgan fingerprint density at radius 3 is 2.67 bits per heavy atom. The van der Waals surface area contributed by atoms with Crippen LogP contribution in [-0.2, 0) is 4.79 Å². The van der Waals surface area contributed by atoms with Crippen molar-refractivity contribution in [1.82, 2.24) is 10.2 Å². The minimum Gasteiger partial charge on any atom is -0.395 e. The molecule has 0 aliphatic carbocycles. The molecule has 2 N–H and O–H groups in total. The van der Waals surface area contributed by atoms with Crippen LogP contribution in [0.25, 0.3) is 0 Å². The number of carbonyl (C=O) groups is 2. The lowest BCUT2D eigenvalue weighted by Gasteiger charge is -2.11. The van der Waals surface area contributed by atoms with Crippen LogP contribution in [0.4, 0.5) is 0 Å². The Balaban J connectivity index is 2.89. The molecule has 112 valence electrons. The number of likely N-dealkylation sites (N-methyl/N-ethyl adjacent to an activating group) is 1. The number of nitrogens with one attached hydrogen (secondary N) is 1. The lowest BCUT2D eigenvalue weighted by atomic mass is 10.0. The van der Waals surface area contributed by atoms with Gasteiger partial charge in [-0.2, -0.15) is 0 Å². The molecule has 1 aromatic carbocycles. The van der Waals surface area contributed by atoms with E-state index >= 15 is 0 Å². The number of amides is 2. The number of rotatable bonds is 4. The molecular formula is C16H20N2O3. The van der Waals surface area contributed by atoms with E-state index in [4.69, 9.17) is 5.11 Å². The maximum Gasteiger partial charge on any atom is 0.252 e. The Hall–Kier alpha value is -2.32. The molecule has 0 heterocycles. The molecular weight excluding hydrogens is 268 g/mol. The first kappa shape index (κ1) is 16.7. The molecule has 0 atom stereocenters. The lowest BCUT2D eigenvalue weighted by Crippen LogP contribution is -2.36. The molecule has 1 rings (SSSR count). The average Bonchev–Trinajstić information content (AvgIpc) is 2.44. The van der Waals surface area contributed by atoms with Gasteiger partial charge in [0.1, 0.15) is 0 Å². The predicted octanol–water partition coefficient (Wildman–Crippen LogP) is 0.547. The zero-order chi connectivity index (χ0) is 15.8. The van der Waals surface area contributed by atoms with Gasteiger partial charge in [-0.1, -0.05) is 17.9 Å². The summed E-state index contributed by atoms with van der Waals surface area (Å²) < 4.78 is 0. The van der Waals surface area contributed by atoms with Crippen molar-refractivity contribution in [3.05, 3.63) is 34.9 Å². The van der Waals surface area contributed by atoms with Gasteiger partial charge < -0.3 is 15.3 Å². The predicted molar refractivity (Wildman–Crippen MR) is 80.8 cm³/mol. The first-order valence-electron chi connectivity index (χ1n) is 6.64. The van der Waals surface area contributed by atoms with Crippen molar-refractivity contribution in [2.45, 2.75) is 13.3 Å². The zero-order valence-electron chi connectivity index (χ0n) is 12.6. The molecule has 0 saturated heterocycles. The fourth-order valence-corrected chi connectivity index (χ4v) is 1.58. The summed E-state index contributed by atoms with van der Waals surface area (Å²) in [4.78, 5) is 25.0. The molecule has 21 heavy (non-hydrogen) atoms. The van der Waals surface area contributed by atoms with Gasteiger partial charge in [-0.05, 0) is 24.6 Å². The normalized spacial score (nSPS) is 9.52. The van der Waals surface area contributed by atoms with Gasteiger partial charge >= 0.3 is 0 Å². The molecule has 5 nitrogen and oxygen atoms in total. The molecule has 5 heteroatoms.